The minimum absolute atomic E-state index is 0.0241. The number of amides is 1. The second-order valence-corrected chi connectivity index (χ2v) is 8.41. The van der Waals surface area contributed by atoms with Gasteiger partial charge in [-0.25, -0.2) is 9.25 Å². The lowest BCUT2D eigenvalue weighted by Crippen LogP contribution is -2.15. The number of ketones is 1. The van der Waals surface area contributed by atoms with Crippen LogP contribution in [0, 0.1) is 0 Å². The van der Waals surface area contributed by atoms with Gasteiger partial charge in [-0.15, -0.1) is 5.10 Å². The molecule has 15 heteroatoms. The van der Waals surface area contributed by atoms with Crippen LogP contribution in [0.5, 0.6) is 0 Å². The van der Waals surface area contributed by atoms with Crippen LogP contribution >= 0.6 is 42.6 Å². The summed E-state index contributed by atoms with van der Waals surface area (Å²) in [6, 6.07) is 9.53. The summed E-state index contributed by atoms with van der Waals surface area (Å²) in [5.41, 5.74) is 12.0. The zero-order chi connectivity index (χ0) is 24.2. The number of hydrogen-bond donors (Lipinski definition) is 5. The molecule has 3 rings (SSSR count). The van der Waals surface area contributed by atoms with E-state index in [-0.39, 0.29) is 39.4 Å². The number of anilines is 1. The number of nitrogen functional groups attached to an aromatic ring is 1. The normalized spacial score (nSPS) is 10.9. The van der Waals surface area contributed by atoms with E-state index >= 15 is 0 Å². The molecule has 0 unspecified atom stereocenters. The summed E-state index contributed by atoms with van der Waals surface area (Å²) in [6.07, 6.45) is 0. The van der Waals surface area contributed by atoms with Crippen LogP contribution in [0.1, 0.15) is 32.0 Å². The molecule has 1 aromatic heterocycles. The van der Waals surface area contributed by atoms with E-state index in [0.717, 1.165) is 0 Å². The molecular formula is C17H15Cl3N5O6P. The number of phosphoric acid groups is 1. The van der Waals surface area contributed by atoms with E-state index in [0.29, 0.717) is 16.1 Å². The van der Waals surface area contributed by atoms with Crippen LogP contribution in [-0.2, 0) is 11.1 Å². The Labute approximate surface area is 195 Å². The highest BCUT2D eigenvalue weighted by molar-refractivity contribution is 7.45. The van der Waals surface area contributed by atoms with Crippen LogP contribution in [0.2, 0.25) is 15.1 Å². The zero-order valence-electron chi connectivity index (χ0n) is 15.8. The Kier molecular flexibility index (Phi) is 8.38. The van der Waals surface area contributed by atoms with Gasteiger partial charge in [0, 0.05) is 10.6 Å². The quantitative estimate of drug-likeness (QED) is 0.247. The number of nitrogens with zero attached hydrogens (tertiary/aromatic N) is 3. The van der Waals surface area contributed by atoms with Gasteiger partial charge in [0.2, 0.25) is 0 Å². The van der Waals surface area contributed by atoms with E-state index in [1.807, 2.05) is 0 Å². The summed E-state index contributed by atoms with van der Waals surface area (Å²) < 4.78 is 10.2. The molecule has 11 nitrogen and oxygen atoms in total. The van der Waals surface area contributed by atoms with Gasteiger partial charge in [-0.1, -0.05) is 40.0 Å². The van der Waals surface area contributed by atoms with Crippen molar-refractivity contribution in [1.29, 1.82) is 0 Å². The van der Waals surface area contributed by atoms with Crippen molar-refractivity contribution in [2.45, 2.75) is 6.54 Å². The minimum Gasteiger partial charge on any atom is -0.382 e. The van der Waals surface area contributed by atoms with Gasteiger partial charge in [0.15, 0.2) is 17.3 Å². The number of aromatic nitrogens is 3. The lowest BCUT2D eigenvalue weighted by molar-refractivity contribution is 0.0994. The van der Waals surface area contributed by atoms with Gasteiger partial charge >= 0.3 is 7.82 Å². The molecule has 7 N–H and O–H groups in total. The lowest BCUT2D eigenvalue weighted by Gasteiger charge is -2.10. The number of nitrogens with two attached hydrogens (primary N) is 2. The number of primary amides is 1. The van der Waals surface area contributed by atoms with Crippen LogP contribution in [0.15, 0.2) is 36.4 Å². The number of rotatable bonds is 5. The fraction of sp³-hybridized carbons (Fsp3) is 0.0588. The summed E-state index contributed by atoms with van der Waals surface area (Å²) in [5, 5.41) is 8.27. The highest BCUT2D eigenvalue weighted by atomic mass is 35.5. The van der Waals surface area contributed by atoms with Gasteiger partial charge in [-0.05, 0) is 42.0 Å². The molecule has 0 saturated heterocycles. The average Bonchev–Trinajstić information content (AvgIpc) is 3.01. The first-order valence-corrected chi connectivity index (χ1v) is 11.0. The third kappa shape index (κ3) is 7.01. The summed E-state index contributed by atoms with van der Waals surface area (Å²) in [6.45, 7) is 0.140. The maximum absolute atomic E-state index is 12.7. The minimum atomic E-state index is -4.64. The van der Waals surface area contributed by atoms with Gasteiger partial charge in [0.25, 0.3) is 5.91 Å². The third-order valence-electron chi connectivity index (χ3n) is 3.77. The molecule has 2 aromatic carbocycles. The van der Waals surface area contributed by atoms with Crippen LogP contribution in [0.3, 0.4) is 0 Å². The predicted molar refractivity (Wildman–Crippen MR) is 118 cm³/mol. The van der Waals surface area contributed by atoms with E-state index in [2.05, 4.69) is 10.3 Å². The van der Waals surface area contributed by atoms with Gasteiger partial charge in [0.1, 0.15) is 0 Å². The molecular weight excluding hydrogens is 508 g/mol. The highest BCUT2D eigenvalue weighted by Gasteiger charge is 2.19. The van der Waals surface area contributed by atoms with Crippen molar-refractivity contribution in [3.05, 3.63) is 73.9 Å². The first kappa shape index (κ1) is 25.8. The molecule has 1 amide bonds. The zero-order valence-corrected chi connectivity index (χ0v) is 19.0. The monoisotopic (exact) mass is 521 g/mol. The van der Waals surface area contributed by atoms with Crippen molar-refractivity contribution in [3.8, 4) is 0 Å². The van der Waals surface area contributed by atoms with Crippen molar-refractivity contribution >= 4 is 60.1 Å². The van der Waals surface area contributed by atoms with Crippen LogP contribution in [0.25, 0.3) is 0 Å². The van der Waals surface area contributed by atoms with E-state index < -0.39 is 13.7 Å². The molecule has 0 bridgehead atoms. The number of benzene rings is 2. The standard InChI is InChI=1S/C17H12Cl3N5O2.H3O4P/c18-10-3-1-9(2-4-10)15(26)13-11(19)5-8(6-12(13)20)7-25-16(21)14(17(22)27)23-24-25;1-5(2,3)4/h1-6H,7,21H2,(H2,22,27);(H3,1,2,3,4). The summed E-state index contributed by atoms with van der Waals surface area (Å²) in [5.74, 6) is -1.08. The van der Waals surface area contributed by atoms with Crippen molar-refractivity contribution in [2.24, 2.45) is 5.73 Å². The second kappa shape index (κ2) is 10.4. The molecule has 0 saturated carbocycles. The van der Waals surface area contributed by atoms with Gasteiger partial charge < -0.3 is 26.1 Å². The average molecular weight is 523 g/mol. The van der Waals surface area contributed by atoms with Crippen LogP contribution < -0.4 is 11.5 Å². The smallest absolute Gasteiger partial charge is 0.382 e. The van der Waals surface area contributed by atoms with Crippen molar-refractivity contribution in [2.75, 3.05) is 5.73 Å². The maximum Gasteiger partial charge on any atom is 0.466 e. The topological polar surface area (TPSA) is 195 Å². The van der Waals surface area contributed by atoms with Gasteiger partial charge in [0.05, 0.1) is 22.2 Å². The molecule has 3 aromatic rings. The van der Waals surface area contributed by atoms with Crippen molar-refractivity contribution < 1.29 is 28.8 Å². The highest BCUT2D eigenvalue weighted by Crippen LogP contribution is 2.30. The predicted octanol–water partition coefficient (Wildman–Crippen LogP) is 2.27. The molecule has 170 valence electrons. The molecule has 0 fully saturated rings. The second-order valence-electron chi connectivity index (χ2n) is 6.13. The van der Waals surface area contributed by atoms with E-state index in [9.17, 15) is 9.59 Å². The number of carbonyl (C=O) groups is 2. The van der Waals surface area contributed by atoms with Gasteiger partial charge in [-0.3, -0.25) is 9.59 Å². The Balaban J connectivity index is 0.000000654. The molecule has 0 radical (unpaired) electrons. The van der Waals surface area contributed by atoms with Crippen LogP contribution in [-0.4, -0.2) is 41.4 Å². The Morgan fingerprint density at radius 3 is 1.97 bits per heavy atom. The fourth-order valence-corrected chi connectivity index (χ4v) is 3.29. The molecule has 1 heterocycles. The largest absolute Gasteiger partial charge is 0.466 e. The number of halogens is 3. The molecule has 0 atom stereocenters. The Hall–Kier alpha value is -2.50. The molecule has 0 spiro atoms. The Morgan fingerprint density at radius 1 is 1.03 bits per heavy atom. The summed E-state index contributed by atoms with van der Waals surface area (Å²) in [4.78, 5) is 45.5. The maximum atomic E-state index is 12.7. The summed E-state index contributed by atoms with van der Waals surface area (Å²) >= 11 is 18.4. The number of hydrogen-bond acceptors (Lipinski definition) is 6. The van der Waals surface area contributed by atoms with E-state index in [1.54, 1.807) is 36.4 Å². The van der Waals surface area contributed by atoms with Crippen molar-refractivity contribution in [1.82, 2.24) is 15.0 Å². The molecule has 0 aliphatic rings. The lowest BCUT2D eigenvalue weighted by atomic mass is 10.0. The van der Waals surface area contributed by atoms with E-state index in [4.69, 9.17) is 65.5 Å². The third-order valence-corrected chi connectivity index (χ3v) is 4.62. The fourth-order valence-electron chi connectivity index (χ4n) is 2.47. The van der Waals surface area contributed by atoms with Gasteiger partial charge in [-0.2, -0.15) is 0 Å². The first-order chi connectivity index (χ1) is 14.8. The summed E-state index contributed by atoms with van der Waals surface area (Å²) in [7, 11) is -4.64. The van der Waals surface area contributed by atoms with Crippen LogP contribution in [0.4, 0.5) is 5.82 Å². The first-order valence-electron chi connectivity index (χ1n) is 8.33. The molecule has 0 aliphatic carbocycles. The Morgan fingerprint density at radius 2 is 1.53 bits per heavy atom. The SMILES string of the molecule is NC(=O)c1nnn(Cc2cc(Cl)c(C(=O)c3ccc(Cl)cc3)c(Cl)c2)c1N.O=P(O)(O)O. The molecule has 32 heavy (non-hydrogen) atoms. The van der Waals surface area contributed by atoms with E-state index in [1.165, 1.54) is 4.68 Å². The molecule has 0 aliphatic heterocycles. The number of carbonyl (C=O) groups excluding carboxylic acids is 2. The Bertz CT molecular complexity index is 1180. The van der Waals surface area contributed by atoms with Crippen molar-refractivity contribution in [3.63, 3.8) is 0 Å².